The Labute approximate surface area is 251 Å². The Morgan fingerprint density at radius 2 is 1.78 bits per heavy atom. The van der Waals surface area contributed by atoms with E-state index in [2.05, 4.69) is 22.3 Å². The number of anilines is 1. The molecule has 0 aliphatic heterocycles. The summed E-state index contributed by atoms with van der Waals surface area (Å²) in [6.45, 7) is 1.56. The van der Waals surface area contributed by atoms with Gasteiger partial charge in [0.2, 0.25) is 5.91 Å². The number of hydrogen-bond donors (Lipinski definition) is 1. The molecule has 1 saturated carbocycles. The molecule has 1 fully saturated rings. The number of halogens is 3. The maximum Gasteiger partial charge on any atom is 0.337 e. The van der Waals surface area contributed by atoms with Crippen LogP contribution in [0.2, 0.25) is 15.1 Å². The van der Waals surface area contributed by atoms with Crippen LogP contribution in [0.25, 0.3) is 11.3 Å². The van der Waals surface area contributed by atoms with Crippen LogP contribution in [-0.2, 0) is 16.1 Å². The van der Waals surface area contributed by atoms with Gasteiger partial charge in [-0.15, -0.1) is 0 Å². The van der Waals surface area contributed by atoms with Gasteiger partial charge in [0.25, 0.3) is 0 Å². The highest BCUT2D eigenvalue weighted by Crippen LogP contribution is 2.46. The van der Waals surface area contributed by atoms with Crippen LogP contribution >= 0.6 is 34.8 Å². The number of amides is 1. The maximum atomic E-state index is 12.1. The number of hydrogen-bond acceptors (Lipinski definition) is 6. The molecule has 1 aromatic heterocycles. The molecule has 1 aliphatic rings. The number of nitrogens with one attached hydrogen (secondary N) is 1. The molecule has 3 aromatic carbocycles. The van der Waals surface area contributed by atoms with Crippen molar-refractivity contribution in [2.45, 2.75) is 32.3 Å². The SMILES string of the molecule is COC(=O)c1cc(C#Cc2ccc(OCc3c(-c4c(Cl)cccc4Cl)noc3C3CC3)cc2Cl)cc(NC(C)=O)c1. The lowest BCUT2D eigenvalue weighted by atomic mass is 10.0. The number of benzene rings is 3. The van der Waals surface area contributed by atoms with Gasteiger partial charge in [-0.2, -0.15) is 0 Å². The summed E-state index contributed by atoms with van der Waals surface area (Å²) in [6.07, 6.45) is 2.04. The highest BCUT2D eigenvalue weighted by Gasteiger charge is 2.33. The lowest BCUT2D eigenvalue weighted by molar-refractivity contribution is -0.114. The lowest BCUT2D eigenvalue weighted by Gasteiger charge is -2.10. The molecule has 10 heteroatoms. The van der Waals surface area contributed by atoms with Crippen LogP contribution in [0.1, 0.15) is 58.5 Å². The summed E-state index contributed by atoms with van der Waals surface area (Å²) in [5, 5.41) is 8.28. The van der Waals surface area contributed by atoms with E-state index in [9.17, 15) is 9.59 Å². The first-order chi connectivity index (χ1) is 19.7. The van der Waals surface area contributed by atoms with Gasteiger partial charge in [-0.3, -0.25) is 4.79 Å². The van der Waals surface area contributed by atoms with E-state index in [4.69, 9.17) is 48.8 Å². The monoisotopic (exact) mass is 608 g/mol. The fourth-order valence-electron chi connectivity index (χ4n) is 4.24. The zero-order chi connectivity index (χ0) is 29.1. The second kappa shape index (κ2) is 12.3. The molecule has 208 valence electrons. The van der Waals surface area contributed by atoms with Crippen LogP contribution in [0.15, 0.2) is 59.1 Å². The van der Waals surface area contributed by atoms with Crippen LogP contribution in [0.4, 0.5) is 5.69 Å². The summed E-state index contributed by atoms with van der Waals surface area (Å²) in [5.74, 6) is 6.78. The lowest BCUT2D eigenvalue weighted by Crippen LogP contribution is -2.08. The molecule has 1 heterocycles. The Morgan fingerprint density at radius 1 is 1.02 bits per heavy atom. The second-order valence-electron chi connectivity index (χ2n) is 9.40. The minimum absolute atomic E-state index is 0.180. The Balaban J connectivity index is 1.38. The smallest absolute Gasteiger partial charge is 0.337 e. The molecule has 1 aliphatic carbocycles. The summed E-state index contributed by atoms with van der Waals surface area (Å²) < 4.78 is 16.6. The zero-order valence-electron chi connectivity index (χ0n) is 22.0. The van der Waals surface area contributed by atoms with Gasteiger partial charge in [0.15, 0.2) is 0 Å². The van der Waals surface area contributed by atoms with Gasteiger partial charge in [-0.25, -0.2) is 4.79 Å². The maximum absolute atomic E-state index is 12.1. The van der Waals surface area contributed by atoms with E-state index < -0.39 is 5.97 Å². The number of nitrogens with zero attached hydrogens (tertiary/aromatic N) is 1. The highest BCUT2D eigenvalue weighted by atomic mass is 35.5. The van der Waals surface area contributed by atoms with Crippen LogP contribution in [0.3, 0.4) is 0 Å². The number of ether oxygens (including phenoxy) is 2. The van der Waals surface area contributed by atoms with Crippen molar-refractivity contribution in [3.8, 4) is 28.8 Å². The third-order valence-corrected chi connectivity index (χ3v) is 7.25. The van der Waals surface area contributed by atoms with Gasteiger partial charge in [0.05, 0.1) is 33.3 Å². The summed E-state index contributed by atoms with van der Waals surface area (Å²) in [5.41, 5.74) is 3.69. The van der Waals surface area contributed by atoms with Gasteiger partial charge in [0.1, 0.15) is 23.8 Å². The minimum atomic E-state index is -0.544. The number of carbonyl (C=O) groups excluding carboxylic acids is 2. The number of methoxy groups -OCH3 is 1. The van der Waals surface area contributed by atoms with E-state index in [-0.39, 0.29) is 18.1 Å². The third kappa shape index (κ3) is 6.68. The van der Waals surface area contributed by atoms with Crippen LogP contribution in [0.5, 0.6) is 5.75 Å². The predicted molar refractivity (Wildman–Crippen MR) is 158 cm³/mol. The Hall–Kier alpha value is -3.96. The molecule has 0 spiro atoms. The van der Waals surface area contributed by atoms with Crippen molar-refractivity contribution in [1.29, 1.82) is 0 Å². The molecule has 0 unspecified atom stereocenters. The summed E-state index contributed by atoms with van der Waals surface area (Å²) >= 11 is 19.4. The topological polar surface area (TPSA) is 90.7 Å². The van der Waals surface area contributed by atoms with Crippen molar-refractivity contribution < 1.29 is 23.6 Å². The molecule has 4 aromatic rings. The molecule has 0 atom stereocenters. The average Bonchev–Trinajstić information content (AvgIpc) is 3.70. The van der Waals surface area contributed by atoms with E-state index in [0.29, 0.717) is 54.8 Å². The first kappa shape index (κ1) is 28.6. The fraction of sp³-hybridized carbons (Fsp3) is 0.194. The van der Waals surface area contributed by atoms with Crippen LogP contribution < -0.4 is 10.1 Å². The summed E-state index contributed by atoms with van der Waals surface area (Å²) in [6, 6.07) is 15.2. The van der Waals surface area contributed by atoms with Gasteiger partial charge in [0, 0.05) is 41.3 Å². The van der Waals surface area contributed by atoms with Gasteiger partial charge < -0.3 is 19.3 Å². The first-order valence-corrected chi connectivity index (χ1v) is 13.7. The van der Waals surface area contributed by atoms with Gasteiger partial charge in [-0.1, -0.05) is 57.9 Å². The fourth-order valence-corrected chi connectivity index (χ4v) is 5.04. The first-order valence-electron chi connectivity index (χ1n) is 12.6. The van der Waals surface area contributed by atoms with E-state index in [1.54, 1.807) is 48.5 Å². The van der Waals surface area contributed by atoms with Crippen LogP contribution in [-0.4, -0.2) is 24.1 Å². The predicted octanol–water partition coefficient (Wildman–Crippen LogP) is 7.90. The molecule has 41 heavy (non-hydrogen) atoms. The van der Waals surface area contributed by atoms with E-state index >= 15 is 0 Å². The quantitative estimate of drug-likeness (QED) is 0.169. The Bertz CT molecular complexity index is 1700. The number of esters is 1. The van der Waals surface area contributed by atoms with Crippen molar-refractivity contribution in [1.82, 2.24) is 5.16 Å². The van der Waals surface area contributed by atoms with Gasteiger partial charge in [-0.05, 0) is 55.3 Å². The van der Waals surface area contributed by atoms with E-state index in [0.717, 1.165) is 24.2 Å². The molecular weight excluding hydrogens is 587 g/mol. The standard InChI is InChI=1S/C31H23Cl3N2O5/c1-17(37)35-22-13-18(12-21(14-22)31(38)39-2)6-7-19-10-11-23(15-27(19)34)40-16-24-29(36-41-30(24)20-8-9-20)28-25(32)4-3-5-26(28)33/h3-5,10-15,20H,8-9,16H2,1-2H3,(H,35,37). The summed E-state index contributed by atoms with van der Waals surface area (Å²) in [4.78, 5) is 23.6. The van der Waals surface area contributed by atoms with E-state index in [1.165, 1.54) is 20.1 Å². The molecule has 7 nitrogen and oxygen atoms in total. The molecule has 1 N–H and O–H groups in total. The molecule has 0 saturated heterocycles. The second-order valence-corrected chi connectivity index (χ2v) is 10.6. The Morgan fingerprint density at radius 3 is 2.44 bits per heavy atom. The molecule has 1 amide bonds. The van der Waals surface area contributed by atoms with Crippen molar-refractivity contribution >= 4 is 52.4 Å². The number of rotatable bonds is 7. The highest BCUT2D eigenvalue weighted by molar-refractivity contribution is 6.39. The van der Waals surface area contributed by atoms with Gasteiger partial charge >= 0.3 is 5.97 Å². The molecular formula is C31H23Cl3N2O5. The average molecular weight is 610 g/mol. The molecule has 0 bridgehead atoms. The van der Waals surface area contributed by atoms with Crippen molar-refractivity contribution in [2.24, 2.45) is 0 Å². The molecule has 0 radical (unpaired) electrons. The van der Waals surface area contributed by atoms with Crippen molar-refractivity contribution in [3.05, 3.63) is 97.7 Å². The minimum Gasteiger partial charge on any atom is -0.489 e. The van der Waals surface area contributed by atoms with Crippen molar-refractivity contribution in [3.63, 3.8) is 0 Å². The largest absolute Gasteiger partial charge is 0.489 e. The zero-order valence-corrected chi connectivity index (χ0v) is 24.3. The number of aromatic nitrogens is 1. The third-order valence-electron chi connectivity index (χ3n) is 6.31. The van der Waals surface area contributed by atoms with E-state index in [1.807, 2.05) is 0 Å². The Kier molecular flexibility index (Phi) is 8.55. The summed E-state index contributed by atoms with van der Waals surface area (Å²) in [7, 11) is 1.28. The normalized spacial score (nSPS) is 12.3. The van der Waals surface area contributed by atoms with Crippen molar-refractivity contribution in [2.75, 3.05) is 12.4 Å². The number of carbonyl (C=O) groups is 2. The van der Waals surface area contributed by atoms with Crippen LogP contribution in [0, 0.1) is 11.8 Å². The molecule has 5 rings (SSSR count).